The normalized spacial score (nSPS) is 11.5. The van der Waals surface area contributed by atoms with Gasteiger partial charge in [0.2, 0.25) is 0 Å². The lowest BCUT2D eigenvalue weighted by Crippen LogP contribution is -2.16. The molecule has 0 N–H and O–H groups in total. The summed E-state index contributed by atoms with van der Waals surface area (Å²) in [6, 6.07) is 16.9. The third-order valence-electron chi connectivity index (χ3n) is 3.45. The fourth-order valence-corrected chi connectivity index (χ4v) is 3.11. The van der Waals surface area contributed by atoms with E-state index in [0.717, 1.165) is 11.1 Å². The molecule has 0 saturated carbocycles. The van der Waals surface area contributed by atoms with Crippen molar-refractivity contribution in [2.75, 3.05) is 0 Å². The SMILES string of the molecule is C[Si](C)(C)C#Cc1ccc(/C=C/c2ccc(C#C[Si](C)(C)C)cc2)cc1. The van der Waals surface area contributed by atoms with Crippen molar-refractivity contribution >= 4 is 28.3 Å². The lowest BCUT2D eigenvalue weighted by atomic mass is 10.1. The molecular formula is C24H28Si2. The summed E-state index contributed by atoms with van der Waals surface area (Å²) in [6.07, 6.45) is 4.27. The van der Waals surface area contributed by atoms with E-state index in [2.05, 4.69) is 123 Å². The minimum atomic E-state index is -1.32. The van der Waals surface area contributed by atoms with Crippen molar-refractivity contribution in [3.8, 4) is 22.9 Å². The molecule has 0 bridgehead atoms. The van der Waals surface area contributed by atoms with E-state index >= 15 is 0 Å². The molecule has 0 spiro atoms. The van der Waals surface area contributed by atoms with Gasteiger partial charge >= 0.3 is 0 Å². The van der Waals surface area contributed by atoms with Crippen LogP contribution in [0.4, 0.5) is 0 Å². The highest BCUT2D eigenvalue weighted by Gasteiger charge is 2.07. The van der Waals surface area contributed by atoms with Crippen LogP contribution in [0, 0.1) is 22.9 Å². The fourth-order valence-electron chi connectivity index (χ4n) is 2.07. The van der Waals surface area contributed by atoms with Crippen molar-refractivity contribution in [2.45, 2.75) is 39.3 Å². The molecule has 0 unspecified atom stereocenters. The van der Waals surface area contributed by atoms with Crippen LogP contribution >= 0.6 is 0 Å². The Morgan fingerprint density at radius 2 is 0.846 bits per heavy atom. The first-order valence-corrected chi connectivity index (χ1v) is 16.1. The van der Waals surface area contributed by atoms with Crippen LogP contribution in [0.5, 0.6) is 0 Å². The molecule has 26 heavy (non-hydrogen) atoms. The van der Waals surface area contributed by atoms with Gasteiger partial charge in [0.15, 0.2) is 0 Å². The minimum absolute atomic E-state index is 1.09. The Balaban J connectivity index is 2.05. The second kappa shape index (κ2) is 8.41. The summed E-state index contributed by atoms with van der Waals surface area (Å²) in [5.41, 5.74) is 11.4. The van der Waals surface area contributed by atoms with E-state index in [0.29, 0.717) is 0 Å². The Labute approximate surface area is 161 Å². The van der Waals surface area contributed by atoms with Gasteiger partial charge in [-0.2, -0.15) is 0 Å². The molecule has 2 aromatic rings. The smallest absolute Gasteiger partial charge is 0.127 e. The molecule has 0 heterocycles. The molecule has 0 amide bonds. The van der Waals surface area contributed by atoms with Crippen molar-refractivity contribution in [3.63, 3.8) is 0 Å². The van der Waals surface area contributed by atoms with Crippen LogP contribution in [0.25, 0.3) is 12.2 Å². The van der Waals surface area contributed by atoms with Gasteiger partial charge in [-0.15, -0.1) is 11.1 Å². The van der Waals surface area contributed by atoms with E-state index in [-0.39, 0.29) is 0 Å². The average molecular weight is 373 g/mol. The third-order valence-corrected chi connectivity index (χ3v) is 5.20. The van der Waals surface area contributed by atoms with Crippen molar-refractivity contribution in [1.29, 1.82) is 0 Å². The maximum absolute atomic E-state index is 3.40. The molecular weight excluding hydrogens is 344 g/mol. The van der Waals surface area contributed by atoms with Gasteiger partial charge in [0.05, 0.1) is 0 Å². The second-order valence-corrected chi connectivity index (χ2v) is 18.1. The molecule has 0 aliphatic carbocycles. The zero-order chi connectivity index (χ0) is 19.2. The highest BCUT2D eigenvalue weighted by Crippen LogP contribution is 2.11. The molecule has 0 aromatic heterocycles. The molecule has 0 fully saturated rings. The van der Waals surface area contributed by atoms with Gasteiger partial charge in [0.25, 0.3) is 0 Å². The van der Waals surface area contributed by atoms with Gasteiger partial charge in [-0.1, -0.05) is 87.5 Å². The van der Waals surface area contributed by atoms with Gasteiger partial charge in [-0.3, -0.25) is 0 Å². The van der Waals surface area contributed by atoms with Gasteiger partial charge < -0.3 is 0 Å². The van der Waals surface area contributed by atoms with Crippen LogP contribution in [-0.4, -0.2) is 16.1 Å². The van der Waals surface area contributed by atoms with Gasteiger partial charge in [-0.25, -0.2) is 0 Å². The number of benzene rings is 2. The summed E-state index contributed by atoms with van der Waals surface area (Å²) in [4.78, 5) is 0. The van der Waals surface area contributed by atoms with Crippen molar-refractivity contribution in [3.05, 3.63) is 70.8 Å². The van der Waals surface area contributed by atoms with E-state index in [4.69, 9.17) is 0 Å². The van der Waals surface area contributed by atoms with Gasteiger partial charge in [-0.05, 0) is 35.4 Å². The molecule has 2 heteroatoms. The number of hydrogen-bond acceptors (Lipinski definition) is 0. The van der Waals surface area contributed by atoms with Crippen molar-refractivity contribution in [1.82, 2.24) is 0 Å². The standard InChI is InChI=1S/C24H28Si2/c1-25(2,3)19-17-23-13-9-21(10-14-23)7-8-22-11-15-24(16-12-22)18-20-26(4,5)6/h7-16H,1-6H3/b8-7+. The zero-order valence-corrected chi connectivity index (χ0v) is 18.8. The first-order chi connectivity index (χ1) is 12.1. The summed E-state index contributed by atoms with van der Waals surface area (Å²) in [7, 11) is -2.63. The van der Waals surface area contributed by atoms with Gasteiger partial charge in [0, 0.05) is 11.1 Å². The predicted octanol–water partition coefficient (Wildman–Crippen LogP) is 6.31. The molecule has 0 saturated heterocycles. The monoisotopic (exact) mass is 372 g/mol. The van der Waals surface area contributed by atoms with E-state index in [1.165, 1.54) is 11.1 Å². The zero-order valence-electron chi connectivity index (χ0n) is 16.8. The van der Waals surface area contributed by atoms with Crippen LogP contribution in [0.1, 0.15) is 22.3 Å². The van der Waals surface area contributed by atoms with Crippen LogP contribution in [-0.2, 0) is 0 Å². The lowest BCUT2D eigenvalue weighted by Gasteiger charge is -2.03. The van der Waals surface area contributed by atoms with E-state index in [1.54, 1.807) is 0 Å². The van der Waals surface area contributed by atoms with Crippen LogP contribution in [0.2, 0.25) is 39.3 Å². The van der Waals surface area contributed by atoms with Crippen molar-refractivity contribution < 1.29 is 0 Å². The maximum Gasteiger partial charge on any atom is 0.129 e. The first-order valence-electron chi connectivity index (χ1n) is 9.05. The highest BCUT2D eigenvalue weighted by atomic mass is 28.3. The highest BCUT2D eigenvalue weighted by molar-refractivity contribution is 6.84. The molecule has 2 aromatic carbocycles. The van der Waals surface area contributed by atoms with Crippen LogP contribution < -0.4 is 0 Å². The topological polar surface area (TPSA) is 0 Å². The number of rotatable bonds is 2. The largest absolute Gasteiger partial charge is 0.129 e. The Hall–Kier alpha value is -2.27. The van der Waals surface area contributed by atoms with Crippen molar-refractivity contribution in [2.24, 2.45) is 0 Å². The summed E-state index contributed by atoms with van der Waals surface area (Å²) in [5.74, 6) is 6.58. The van der Waals surface area contributed by atoms with E-state index in [1.807, 2.05) is 0 Å². The third kappa shape index (κ3) is 7.74. The molecule has 0 atom stereocenters. The van der Waals surface area contributed by atoms with Gasteiger partial charge in [0.1, 0.15) is 16.1 Å². The minimum Gasteiger partial charge on any atom is -0.127 e. The quantitative estimate of drug-likeness (QED) is 0.329. The summed E-state index contributed by atoms with van der Waals surface area (Å²) in [6.45, 7) is 13.6. The molecule has 2 rings (SSSR count). The van der Waals surface area contributed by atoms with E-state index < -0.39 is 16.1 Å². The Bertz CT molecular complexity index is 803. The molecule has 0 nitrogen and oxygen atoms in total. The molecule has 132 valence electrons. The average Bonchev–Trinajstić information content (AvgIpc) is 2.57. The molecule has 0 aliphatic rings. The van der Waals surface area contributed by atoms with Crippen LogP contribution in [0.15, 0.2) is 48.5 Å². The summed E-state index contributed by atoms with van der Waals surface area (Å²) in [5, 5.41) is 0. The molecule has 0 radical (unpaired) electrons. The second-order valence-electron chi connectivity index (χ2n) is 8.58. The Morgan fingerprint density at radius 1 is 0.538 bits per heavy atom. The number of hydrogen-bond donors (Lipinski definition) is 0. The first kappa shape index (κ1) is 20.1. The molecule has 0 aliphatic heterocycles. The lowest BCUT2D eigenvalue weighted by molar-refractivity contribution is 1.60. The maximum atomic E-state index is 3.40. The van der Waals surface area contributed by atoms with Crippen LogP contribution in [0.3, 0.4) is 0 Å². The van der Waals surface area contributed by atoms with E-state index in [9.17, 15) is 0 Å². The summed E-state index contributed by atoms with van der Waals surface area (Å²) >= 11 is 0. The Morgan fingerprint density at radius 3 is 1.12 bits per heavy atom. The summed E-state index contributed by atoms with van der Waals surface area (Å²) < 4.78 is 0. The Kier molecular flexibility index (Phi) is 6.49. The fraction of sp³-hybridized carbons (Fsp3) is 0.250. The predicted molar refractivity (Wildman–Crippen MR) is 122 cm³/mol.